The Morgan fingerprint density at radius 1 is 1.23 bits per heavy atom. The van der Waals surface area contributed by atoms with Gasteiger partial charge in [-0.15, -0.1) is 24.8 Å². The number of carboxylic acids is 1. The summed E-state index contributed by atoms with van der Waals surface area (Å²) in [7, 11) is 0. The number of benzene rings is 1. The Bertz CT molecular complexity index is 556. The number of likely N-dealkylation sites (tertiary alicyclic amines) is 1. The highest BCUT2D eigenvalue weighted by Gasteiger charge is 2.29. The van der Waals surface area contributed by atoms with Gasteiger partial charge in [0.1, 0.15) is 0 Å². The summed E-state index contributed by atoms with van der Waals surface area (Å²) in [6, 6.07) is 5.77. The third-order valence-electron chi connectivity index (χ3n) is 5.01. The summed E-state index contributed by atoms with van der Waals surface area (Å²) < 4.78 is 0. The van der Waals surface area contributed by atoms with Crippen molar-refractivity contribution in [3.63, 3.8) is 0 Å². The van der Waals surface area contributed by atoms with Crippen molar-refractivity contribution in [3.05, 3.63) is 33.8 Å². The second kappa shape index (κ2) is 13.1. The largest absolute Gasteiger partial charge is 0.481 e. The number of carbonyl (C=O) groups is 1. The Balaban J connectivity index is 0.00000312. The van der Waals surface area contributed by atoms with Gasteiger partial charge in [-0.1, -0.05) is 49.0 Å². The molecular formula is C19H29Cl4NO2. The zero-order valence-corrected chi connectivity index (χ0v) is 18.3. The molecule has 7 heteroatoms. The molecule has 2 unspecified atom stereocenters. The van der Waals surface area contributed by atoms with E-state index in [1.807, 2.05) is 18.2 Å². The highest BCUT2D eigenvalue weighted by atomic mass is 35.5. The van der Waals surface area contributed by atoms with E-state index in [9.17, 15) is 9.90 Å². The molecule has 1 aromatic carbocycles. The van der Waals surface area contributed by atoms with Crippen molar-refractivity contribution >= 4 is 54.0 Å². The third-order valence-corrected chi connectivity index (χ3v) is 5.75. The Morgan fingerprint density at radius 3 is 2.58 bits per heavy atom. The second-order valence-corrected chi connectivity index (χ2v) is 7.62. The van der Waals surface area contributed by atoms with Crippen LogP contribution >= 0.6 is 48.0 Å². The van der Waals surface area contributed by atoms with Crippen LogP contribution in [0.4, 0.5) is 0 Å². The average molecular weight is 445 g/mol. The number of hydrogen-bond donors (Lipinski definition) is 1. The Morgan fingerprint density at radius 2 is 1.96 bits per heavy atom. The van der Waals surface area contributed by atoms with Crippen molar-refractivity contribution in [1.29, 1.82) is 0 Å². The second-order valence-electron chi connectivity index (χ2n) is 6.80. The molecule has 26 heavy (non-hydrogen) atoms. The fourth-order valence-electron chi connectivity index (χ4n) is 3.62. The molecule has 1 aliphatic heterocycles. The van der Waals surface area contributed by atoms with Gasteiger partial charge < -0.3 is 5.11 Å². The van der Waals surface area contributed by atoms with Gasteiger partial charge in [0, 0.05) is 6.54 Å². The van der Waals surface area contributed by atoms with Crippen LogP contribution in [0.25, 0.3) is 0 Å². The number of carboxylic acid groups (broad SMARTS) is 1. The molecule has 0 aliphatic carbocycles. The highest BCUT2D eigenvalue weighted by Crippen LogP contribution is 2.30. The van der Waals surface area contributed by atoms with E-state index >= 15 is 0 Å². The highest BCUT2D eigenvalue weighted by molar-refractivity contribution is 6.42. The average Bonchev–Trinajstić information content (AvgIpc) is 2.77. The number of hydrogen-bond acceptors (Lipinski definition) is 2. The van der Waals surface area contributed by atoms with Crippen molar-refractivity contribution in [2.24, 2.45) is 11.8 Å². The van der Waals surface area contributed by atoms with Crippen molar-refractivity contribution in [2.45, 2.75) is 52.0 Å². The normalized spacial score (nSPS) is 19.0. The molecule has 0 bridgehead atoms. The molecule has 150 valence electrons. The van der Waals surface area contributed by atoms with Crippen LogP contribution in [0.1, 0.15) is 51.0 Å². The molecule has 2 rings (SSSR count). The van der Waals surface area contributed by atoms with Crippen molar-refractivity contribution in [3.8, 4) is 0 Å². The first kappa shape index (κ1) is 25.8. The van der Waals surface area contributed by atoms with Gasteiger partial charge in [-0.25, -0.2) is 0 Å². The number of unbranched alkanes of at least 4 members (excludes halogenated alkanes) is 1. The van der Waals surface area contributed by atoms with Crippen LogP contribution in [0.2, 0.25) is 10.0 Å². The molecular weight excluding hydrogens is 416 g/mol. The van der Waals surface area contributed by atoms with E-state index in [4.69, 9.17) is 23.2 Å². The predicted octanol–water partition coefficient (Wildman–Crippen LogP) is 6.33. The smallest absolute Gasteiger partial charge is 0.306 e. The number of aliphatic carboxylic acids is 1. The maximum Gasteiger partial charge on any atom is 0.306 e. The lowest BCUT2D eigenvalue weighted by atomic mass is 9.83. The van der Waals surface area contributed by atoms with E-state index in [1.54, 1.807) is 0 Å². The molecule has 3 nitrogen and oxygen atoms in total. The van der Waals surface area contributed by atoms with Gasteiger partial charge in [0.15, 0.2) is 0 Å². The van der Waals surface area contributed by atoms with Crippen LogP contribution in [0.15, 0.2) is 18.2 Å². The van der Waals surface area contributed by atoms with Crippen LogP contribution < -0.4 is 0 Å². The van der Waals surface area contributed by atoms with E-state index < -0.39 is 5.97 Å². The van der Waals surface area contributed by atoms with E-state index in [-0.39, 0.29) is 30.7 Å². The lowest BCUT2D eigenvalue weighted by Gasteiger charge is -2.23. The summed E-state index contributed by atoms with van der Waals surface area (Å²) in [6.07, 6.45) is 5.89. The fraction of sp³-hybridized carbons (Fsp3) is 0.632. The molecule has 1 heterocycles. The SMILES string of the molecule is CCCCC(C(=O)O)C1CCCN(Cc2ccc(Cl)c(Cl)c2)CC1.Cl.Cl. The first-order valence-corrected chi connectivity index (χ1v) is 9.66. The summed E-state index contributed by atoms with van der Waals surface area (Å²) in [6.45, 7) is 4.92. The molecule has 1 aliphatic rings. The monoisotopic (exact) mass is 443 g/mol. The van der Waals surface area contributed by atoms with Gasteiger partial charge in [0.25, 0.3) is 0 Å². The Kier molecular flexibility index (Phi) is 13.0. The molecule has 0 radical (unpaired) electrons. The zero-order chi connectivity index (χ0) is 17.5. The molecule has 1 fully saturated rings. The standard InChI is InChI=1S/C19H27Cl2NO2.2ClH/c1-2-3-6-16(19(23)24)15-5-4-10-22(11-9-15)13-14-7-8-17(20)18(21)12-14;;/h7-8,12,15-16H,2-6,9-11,13H2,1H3,(H,23,24);2*1H. The molecule has 1 aromatic rings. The predicted molar refractivity (Wildman–Crippen MR) is 114 cm³/mol. The van der Waals surface area contributed by atoms with E-state index in [0.29, 0.717) is 16.0 Å². The van der Waals surface area contributed by atoms with E-state index in [1.165, 1.54) is 0 Å². The minimum atomic E-state index is -0.619. The fourth-order valence-corrected chi connectivity index (χ4v) is 3.94. The first-order valence-electron chi connectivity index (χ1n) is 8.90. The van der Waals surface area contributed by atoms with Gasteiger partial charge in [0.05, 0.1) is 16.0 Å². The van der Waals surface area contributed by atoms with Crippen LogP contribution in [-0.4, -0.2) is 29.1 Å². The van der Waals surface area contributed by atoms with Gasteiger partial charge in [-0.3, -0.25) is 9.69 Å². The molecule has 0 spiro atoms. The molecule has 2 atom stereocenters. The van der Waals surface area contributed by atoms with E-state index in [0.717, 1.165) is 63.7 Å². The van der Waals surface area contributed by atoms with Crippen LogP contribution in [0.5, 0.6) is 0 Å². The number of rotatable bonds is 7. The minimum absolute atomic E-state index is 0. The van der Waals surface area contributed by atoms with Gasteiger partial charge in [0.2, 0.25) is 0 Å². The summed E-state index contributed by atoms with van der Waals surface area (Å²) in [5, 5.41) is 10.7. The summed E-state index contributed by atoms with van der Waals surface area (Å²) in [5.74, 6) is -0.505. The molecule has 0 saturated carbocycles. The Labute approximate surface area is 179 Å². The molecule has 1 saturated heterocycles. The number of nitrogens with zero attached hydrogens (tertiary/aromatic N) is 1. The number of halogens is 4. The maximum atomic E-state index is 11.6. The van der Waals surface area contributed by atoms with Crippen LogP contribution in [0.3, 0.4) is 0 Å². The molecule has 1 N–H and O–H groups in total. The van der Waals surface area contributed by atoms with Crippen molar-refractivity contribution in [1.82, 2.24) is 4.90 Å². The van der Waals surface area contributed by atoms with Gasteiger partial charge in [-0.05, 0) is 62.4 Å². The lowest BCUT2D eigenvalue weighted by molar-refractivity contribution is -0.144. The Hall–Kier alpha value is -0.190. The summed E-state index contributed by atoms with van der Waals surface area (Å²) in [4.78, 5) is 14.0. The first-order chi connectivity index (χ1) is 11.5. The minimum Gasteiger partial charge on any atom is -0.481 e. The maximum absolute atomic E-state index is 11.6. The van der Waals surface area contributed by atoms with Gasteiger partial charge >= 0.3 is 5.97 Å². The topological polar surface area (TPSA) is 40.5 Å². The molecule has 0 aromatic heterocycles. The lowest BCUT2D eigenvalue weighted by Crippen LogP contribution is -2.27. The molecule has 0 amide bonds. The van der Waals surface area contributed by atoms with Crippen LogP contribution in [0, 0.1) is 11.8 Å². The third kappa shape index (κ3) is 7.82. The van der Waals surface area contributed by atoms with Crippen LogP contribution in [-0.2, 0) is 11.3 Å². The summed E-state index contributed by atoms with van der Waals surface area (Å²) in [5.41, 5.74) is 1.16. The summed E-state index contributed by atoms with van der Waals surface area (Å²) >= 11 is 12.1. The quantitative estimate of drug-likeness (QED) is 0.533. The zero-order valence-electron chi connectivity index (χ0n) is 15.1. The van der Waals surface area contributed by atoms with Gasteiger partial charge in [-0.2, -0.15) is 0 Å². The van der Waals surface area contributed by atoms with Crippen molar-refractivity contribution < 1.29 is 9.90 Å². The van der Waals surface area contributed by atoms with Crippen molar-refractivity contribution in [2.75, 3.05) is 13.1 Å². The van der Waals surface area contributed by atoms with E-state index in [2.05, 4.69) is 11.8 Å².